The summed E-state index contributed by atoms with van der Waals surface area (Å²) in [6.07, 6.45) is 0.748. The van der Waals surface area contributed by atoms with Gasteiger partial charge in [0.2, 0.25) is 0 Å². The highest BCUT2D eigenvalue weighted by Gasteiger charge is 2.09. The van der Waals surface area contributed by atoms with Gasteiger partial charge in [0, 0.05) is 5.75 Å². The molecule has 2 rings (SSSR count). The van der Waals surface area contributed by atoms with E-state index in [1.54, 1.807) is 11.8 Å². The predicted molar refractivity (Wildman–Crippen MR) is 73.3 cm³/mol. The molecule has 1 aromatic heterocycles. The van der Waals surface area contributed by atoms with Crippen molar-refractivity contribution >= 4 is 41.0 Å². The number of carbonyl (C=O) groups excluding carboxylic acids is 1. The number of nitrogens with zero attached hydrogens (tertiary/aromatic N) is 1. The van der Waals surface area contributed by atoms with Gasteiger partial charge in [0.15, 0.2) is 15.8 Å². The number of aldehydes is 1. The molecular weight excluding hydrogens is 274 g/mol. The molecule has 0 radical (unpaired) electrons. The Bertz CT molecular complexity index is 539. The summed E-state index contributed by atoms with van der Waals surface area (Å²) in [5.74, 6) is 0.842. The Balaban J connectivity index is 2.07. The molecule has 0 saturated carbocycles. The van der Waals surface area contributed by atoms with Crippen LogP contribution in [0.2, 0.25) is 5.15 Å². The number of rotatable bonds is 4. The molecule has 0 unspecified atom stereocenters. The van der Waals surface area contributed by atoms with E-state index in [0.717, 1.165) is 16.4 Å². The Morgan fingerprint density at radius 2 is 2.24 bits per heavy atom. The molecule has 0 bridgehead atoms. The van der Waals surface area contributed by atoms with Crippen molar-refractivity contribution in [1.29, 1.82) is 0 Å². The highest BCUT2D eigenvalue weighted by molar-refractivity contribution is 8.00. The maximum atomic E-state index is 10.6. The molecule has 0 aliphatic heterocycles. The molecule has 2 aromatic rings. The molecule has 0 N–H and O–H groups in total. The van der Waals surface area contributed by atoms with Crippen LogP contribution in [0, 0.1) is 6.92 Å². The molecule has 88 valence electrons. The van der Waals surface area contributed by atoms with Crippen LogP contribution in [-0.2, 0) is 5.75 Å². The molecule has 17 heavy (non-hydrogen) atoms. The minimum Gasteiger partial charge on any atom is -0.297 e. The normalized spacial score (nSPS) is 10.5. The number of halogens is 1. The lowest BCUT2D eigenvalue weighted by Gasteiger charge is -2.02. The fraction of sp³-hybridized carbons (Fsp3) is 0.167. The average molecular weight is 284 g/mol. The largest absolute Gasteiger partial charge is 0.297 e. The van der Waals surface area contributed by atoms with E-state index in [1.165, 1.54) is 22.5 Å². The zero-order valence-corrected chi connectivity index (χ0v) is 11.5. The summed E-state index contributed by atoms with van der Waals surface area (Å²) in [7, 11) is 0. The molecule has 0 fully saturated rings. The molecule has 0 spiro atoms. The molecule has 0 amide bonds. The molecule has 1 heterocycles. The first-order chi connectivity index (χ1) is 8.20. The van der Waals surface area contributed by atoms with E-state index < -0.39 is 0 Å². The van der Waals surface area contributed by atoms with E-state index in [4.69, 9.17) is 11.6 Å². The van der Waals surface area contributed by atoms with Crippen LogP contribution in [0.25, 0.3) is 0 Å². The van der Waals surface area contributed by atoms with E-state index in [9.17, 15) is 4.79 Å². The fourth-order valence-electron chi connectivity index (χ4n) is 1.34. The number of hydrogen-bond donors (Lipinski definition) is 0. The third kappa shape index (κ3) is 3.09. The molecule has 2 nitrogen and oxygen atoms in total. The van der Waals surface area contributed by atoms with E-state index in [2.05, 4.69) is 24.0 Å². The van der Waals surface area contributed by atoms with Crippen molar-refractivity contribution in [3.8, 4) is 0 Å². The number of hydrogen-bond acceptors (Lipinski definition) is 4. The van der Waals surface area contributed by atoms with Crippen LogP contribution < -0.4 is 0 Å². The van der Waals surface area contributed by atoms with Crippen molar-refractivity contribution in [2.24, 2.45) is 0 Å². The molecule has 0 aliphatic carbocycles. The van der Waals surface area contributed by atoms with Gasteiger partial charge in [0.1, 0.15) is 4.88 Å². The van der Waals surface area contributed by atoms with Gasteiger partial charge in [-0.25, -0.2) is 4.98 Å². The van der Waals surface area contributed by atoms with E-state index in [0.29, 0.717) is 10.0 Å². The number of benzene rings is 1. The Hall–Kier alpha value is -0.840. The summed E-state index contributed by atoms with van der Waals surface area (Å²) in [6.45, 7) is 2.08. The third-order valence-corrected chi connectivity index (χ3v) is 4.88. The number of aromatic nitrogens is 1. The number of aryl methyl sites for hydroxylation is 1. The first kappa shape index (κ1) is 12.6. The van der Waals surface area contributed by atoms with Crippen LogP contribution in [0.4, 0.5) is 0 Å². The smallest absolute Gasteiger partial charge is 0.163 e. The zero-order chi connectivity index (χ0) is 12.3. The SMILES string of the molecule is Cc1ccccc1CSc1nc(Cl)c(C=O)s1. The van der Waals surface area contributed by atoms with Gasteiger partial charge in [-0.15, -0.1) is 11.3 Å². The van der Waals surface area contributed by atoms with Crippen LogP contribution >= 0.6 is 34.7 Å². The van der Waals surface area contributed by atoms with E-state index in [1.807, 2.05) is 12.1 Å². The maximum absolute atomic E-state index is 10.6. The summed E-state index contributed by atoms with van der Waals surface area (Å²) in [6, 6.07) is 8.22. The first-order valence-electron chi connectivity index (χ1n) is 4.99. The summed E-state index contributed by atoms with van der Waals surface area (Å²) >= 11 is 8.75. The third-order valence-electron chi connectivity index (χ3n) is 2.31. The quantitative estimate of drug-likeness (QED) is 0.622. The number of thiazole rings is 1. The number of thioether (sulfide) groups is 1. The highest BCUT2D eigenvalue weighted by Crippen LogP contribution is 2.31. The maximum Gasteiger partial charge on any atom is 0.163 e. The van der Waals surface area contributed by atoms with Crippen LogP contribution in [0.1, 0.15) is 20.8 Å². The lowest BCUT2D eigenvalue weighted by Crippen LogP contribution is -1.84. The fourth-order valence-corrected chi connectivity index (χ4v) is 3.63. The van der Waals surface area contributed by atoms with Crippen molar-refractivity contribution in [3.63, 3.8) is 0 Å². The molecule has 0 atom stereocenters. The summed E-state index contributed by atoms with van der Waals surface area (Å²) in [5.41, 5.74) is 2.54. The van der Waals surface area contributed by atoms with E-state index in [-0.39, 0.29) is 0 Å². The molecule has 0 aliphatic rings. The minimum absolute atomic E-state index is 0.303. The van der Waals surface area contributed by atoms with Gasteiger partial charge in [0.25, 0.3) is 0 Å². The predicted octanol–water partition coefficient (Wildman–Crippen LogP) is 4.21. The Morgan fingerprint density at radius 1 is 1.47 bits per heavy atom. The standard InChI is InChI=1S/C12H10ClNOS2/c1-8-4-2-3-5-9(8)7-16-12-14-11(13)10(6-15)17-12/h2-6H,7H2,1H3. The lowest BCUT2D eigenvalue weighted by molar-refractivity contribution is 0.112. The van der Waals surface area contributed by atoms with Gasteiger partial charge >= 0.3 is 0 Å². The molecule has 5 heteroatoms. The topological polar surface area (TPSA) is 30.0 Å². The summed E-state index contributed by atoms with van der Waals surface area (Å²) in [4.78, 5) is 15.3. The summed E-state index contributed by atoms with van der Waals surface area (Å²) < 4.78 is 0.834. The number of carbonyl (C=O) groups is 1. The second-order valence-corrected chi connectivity index (χ2v) is 6.08. The monoisotopic (exact) mass is 283 g/mol. The van der Waals surface area contributed by atoms with Crippen molar-refractivity contribution in [2.75, 3.05) is 0 Å². The van der Waals surface area contributed by atoms with Crippen LogP contribution in [0.15, 0.2) is 28.6 Å². The van der Waals surface area contributed by atoms with Gasteiger partial charge < -0.3 is 0 Å². The molecular formula is C12H10ClNOS2. The van der Waals surface area contributed by atoms with Gasteiger partial charge in [0.05, 0.1) is 0 Å². The Morgan fingerprint density at radius 3 is 2.88 bits per heavy atom. The average Bonchev–Trinajstić information content (AvgIpc) is 2.69. The van der Waals surface area contributed by atoms with Gasteiger partial charge in [-0.2, -0.15) is 0 Å². The van der Waals surface area contributed by atoms with Gasteiger partial charge in [-0.1, -0.05) is 47.6 Å². The van der Waals surface area contributed by atoms with Crippen molar-refractivity contribution in [2.45, 2.75) is 17.0 Å². The van der Waals surface area contributed by atoms with Crippen LogP contribution in [-0.4, -0.2) is 11.3 Å². The second-order valence-electron chi connectivity index (χ2n) is 3.47. The first-order valence-corrected chi connectivity index (χ1v) is 7.17. The lowest BCUT2D eigenvalue weighted by atomic mass is 10.1. The van der Waals surface area contributed by atoms with Gasteiger partial charge in [-0.3, -0.25) is 4.79 Å². The Labute approximate surface area is 113 Å². The zero-order valence-electron chi connectivity index (χ0n) is 9.14. The Kier molecular flexibility index (Phi) is 4.20. The molecule has 0 saturated heterocycles. The van der Waals surface area contributed by atoms with Crippen molar-refractivity contribution < 1.29 is 4.79 Å². The van der Waals surface area contributed by atoms with E-state index >= 15 is 0 Å². The second kappa shape index (κ2) is 5.67. The van der Waals surface area contributed by atoms with Crippen molar-refractivity contribution in [1.82, 2.24) is 4.98 Å². The molecule has 1 aromatic carbocycles. The van der Waals surface area contributed by atoms with Gasteiger partial charge in [-0.05, 0) is 18.1 Å². The van der Waals surface area contributed by atoms with Crippen LogP contribution in [0.3, 0.4) is 0 Å². The summed E-state index contributed by atoms with van der Waals surface area (Å²) in [5, 5.41) is 0.303. The van der Waals surface area contributed by atoms with Crippen LogP contribution in [0.5, 0.6) is 0 Å². The minimum atomic E-state index is 0.303. The highest BCUT2D eigenvalue weighted by atomic mass is 35.5. The van der Waals surface area contributed by atoms with Crippen molar-refractivity contribution in [3.05, 3.63) is 45.4 Å².